The minimum atomic E-state index is 0.540. The summed E-state index contributed by atoms with van der Waals surface area (Å²) in [5.74, 6) is 0.777. The lowest BCUT2D eigenvalue weighted by atomic mass is 9.91. The van der Waals surface area contributed by atoms with Gasteiger partial charge in [-0.15, -0.1) is 0 Å². The molecule has 0 spiro atoms. The van der Waals surface area contributed by atoms with Gasteiger partial charge in [0.05, 0.1) is 6.10 Å². The van der Waals surface area contributed by atoms with Gasteiger partial charge in [0, 0.05) is 19.2 Å². The molecule has 90 valence electrons. The van der Waals surface area contributed by atoms with Gasteiger partial charge in [0.15, 0.2) is 0 Å². The largest absolute Gasteiger partial charge is 0.379 e. The molecule has 0 aromatic heterocycles. The fourth-order valence-corrected chi connectivity index (χ4v) is 2.61. The first-order valence-electron chi connectivity index (χ1n) is 6.45. The number of ether oxygens (including phenoxy) is 1. The fraction of sp³-hybridized carbons (Fsp3) is 1.00. The van der Waals surface area contributed by atoms with E-state index in [1.165, 1.54) is 32.2 Å². The summed E-state index contributed by atoms with van der Waals surface area (Å²) in [4.78, 5) is 2.53. The Morgan fingerprint density at radius 1 is 1.20 bits per heavy atom. The highest BCUT2D eigenvalue weighted by atomic mass is 16.5. The van der Waals surface area contributed by atoms with Crippen molar-refractivity contribution in [1.82, 2.24) is 4.90 Å². The first-order valence-corrected chi connectivity index (χ1v) is 6.45. The van der Waals surface area contributed by atoms with E-state index in [1.54, 1.807) is 0 Å². The SMILES string of the molecule is CCOC1CCC(N(C)CC(C)C)CC1. The molecule has 0 radical (unpaired) electrons. The van der Waals surface area contributed by atoms with Crippen molar-refractivity contribution in [3.8, 4) is 0 Å². The Balaban J connectivity index is 2.24. The minimum Gasteiger partial charge on any atom is -0.379 e. The van der Waals surface area contributed by atoms with E-state index >= 15 is 0 Å². The third-order valence-electron chi connectivity index (χ3n) is 3.32. The molecule has 15 heavy (non-hydrogen) atoms. The van der Waals surface area contributed by atoms with Crippen LogP contribution in [0, 0.1) is 5.92 Å². The van der Waals surface area contributed by atoms with Crippen LogP contribution in [0.25, 0.3) is 0 Å². The van der Waals surface area contributed by atoms with Gasteiger partial charge in [0.25, 0.3) is 0 Å². The van der Waals surface area contributed by atoms with Crippen molar-refractivity contribution in [3.05, 3.63) is 0 Å². The average molecular weight is 213 g/mol. The monoisotopic (exact) mass is 213 g/mol. The summed E-state index contributed by atoms with van der Waals surface area (Å²) >= 11 is 0. The molecule has 0 heterocycles. The molecule has 2 heteroatoms. The summed E-state index contributed by atoms with van der Waals surface area (Å²) in [6.07, 6.45) is 5.67. The van der Waals surface area contributed by atoms with Gasteiger partial charge in [0.1, 0.15) is 0 Å². The zero-order valence-corrected chi connectivity index (χ0v) is 10.8. The third-order valence-corrected chi connectivity index (χ3v) is 3.32. The van der Waals surface area contributed by atoms with E-state index in [1.807, 2.05) is 0 Å². The molecule has 0 N–H and O–H groups in total. The summed E-state index contributed by atoms with van der Waals surface area (Å²) in [7, 11) is 2.27. The second kappa shape index (κ2) is 6.49. The molecule has 1 fully saturated rings. The molecule has 0 aliphatic heterocycles. The van der Waals surface area contributed by atoms with Crippen LogP contribution in [0.15, 0.2) is 0 Å². The zero-order valence-electron chi connectivity index (χ0n) is 10.8. The Labute approximate surface area is 95.0 Å². The Kier molecular flexibility index (Phi) is 5.62. The van der Waals surface area contributed by atoms with Crippen LogP contribution < -0.4 is 0 Å². The maximum absolute atomic E-state index is 5.67. The normalized spacial score (nSPS) is 27.6. The predicted octanol–water partition coefficient (Wildman–Crippen LogP) is 2.92. The van der Waals surface area contributed by atoms with Crippen LogP contribution in [0.4, 0.5) is 0 Å². The van der Waals surface area contributed by atoms with Crippen molar-refractivity contribution in [3.63, 3.8) is 0 Å². The van der Waals surface area contributed by atoms with Crippen LogP contribution in [0.3, 0.4) is 0 Å². The van der Waals surface area contributed by atoms with Gasteiger partial charge in [-0.05, 0) is 45.6 Å². The van der Waals surface area contributed by atoms with Gasteiger partial charge in [0.2, 0.25) is 0 Å². The standard InChI is InChI=1S/C13H27NO/c1-5-15-13-8-6-12(7-9-13)14(4)10-11(2)3/h11-13H,5-10H2,1-4H3. The van der Waals surface area contributed by atoms with Crippen LogP contribution in [0.1, 0.15) is 46.5 Å². The Hall–Kier alpha value is -0.0800. The molecule has 0 bridgehead atoms. The quantitative estimate of drug-likeness (QED) is 0.696. The van der Waals surface area contributed by atoms with E-state index in [2.05, 4.69) is 32.7 Å². The van der Waals surface area contributed by atoms with E-state index in [0.717, 1.165) is 18.6 Å². The first-order chi connectivity index (χ1) is 7.13. The minimum absolute atomic E-state index is 0.540. The van der Waals surface area contributed by atoms with Gasteiger partial charge in [-0.2, -0.15) is 0 Å². The highest BCUT2D eigenvalue weighted by molar-refractivity contribution is 4.78. The van der Waals surface area contributed by atoms with E-state index in [0.29, 0.717) is 6.10 Å². The molecule has 1 rings (SSSR count). The summed E-state index contributed by atoms with van der Waals surface area (Å²) < 4.78 is 5.67. The molecule has 0 atom stereocenters. The van der Waals surface area contributed by atoms with Crippen molar-refractivity contribution in [2.75, 3.05) is 20.2 Å². The lowest BCUT2D eigenvalue weighted by molar-refractivity contribution is 0.0160. The zero-order chi connectivity index (χ0) is 11.3. The highest BCUT2D eigenvalue weighted by Crippen LogP contribution is 2.24. The van der Waals surface area contributed by atoms with Gasteiger partial charge < -0.3 is 9.64 Å². The fourth-order valence-electron chi connectivity index (χ4n) is 2.61. The molecule has 0 unspecified atom stereocenters. The molecule has 0 saturated heterocycles. The van der Waals surface area contributed by atoms with E-state index in [9.17, 15) is 0 Å². The van der Waals surface area contributed by atoms with Gasteiger partial charge in [-0.3, -0.25) is 0 Å². The van der Waals surface area contributed by atoms with Crippen molar-refractivity contribution in [2.45, 2.75) is 58.6 Å². The topological polar surface area (TPSA) is 12.5 Å². The van der Waals surface area contributed by atoms with Gasteiger partial charge >= 0.3 is 0 Å². The molecule has 1 aliphatic carbocycles. The Morgan fingerprint density at radius 2 is 1.80 bits per heavy atom. The van der Waals surface area contributed by atoms with E-state index in [-0.39, 0.29) is 0 Å². The highest BCUT2D eigenvalue weighted by Gasteiger charge is 2.24. The molecular weight excluding hydrogens is 186 g/mol. The van der Waals surface area contributed by atoms with Gasteiger partial charge in [-0.1, -0.05) is 13.8 Å². The maximum atomic E-state index is 5.67. The van der Waals surface area contributed by atoms with Crippen molar-refractivity contribution in [2.24, 2.45) is 5.92 Å². The lowest BCUT2D eigenvalue weighted by Gasteiger charge is -2.35. The maximum Gasteiger partial charge on any atom is 0.0576 e. The number of nitrogens with zero attached hydrogens (tertiary/aromatic N) is 1. The number of hydrogen-bond acceptors (Lipinski definition) is 2. The van der Waals surface area contributed by atoms with Crippen molar-refractivity contribution < 1.29 is 4.74 Å². The molecule has 0 amide bonds. The van der Waals surface area contributed by atoms with Crippen LogP contribution in [0.2, 0.25) is 0 Å². The van der Waals surface area contributed by atoms with E-state index < -0.39 is 0 Å². The Bertz CT molecular complexity index is 162. The van der Waals surface area contributed by atoms with E-state index in [4.69, 9.17) is 4.74 Å². The Morgan fingerprint density at radius 3 is 2.27 bits per heavy atom. The second-order valence-electron chi connectivity index (χ2n) is 5.22. The summed E-state index contributed by atoms with van der Waals surface area (Å²) in [5, 5.41) is 0. The van der Waals surface area contributed by atoms with Crippen molar-refractivity contribution in [1.29, 1.82) is 0 Å². The molecule has 1 saturated carbocycles. The third kappa shape index (κ3) is 4.52. The van der Waals surface area contributed by atoms with Crippen LogP contribution >= 0.6 is 0 Å². The van der Waals surface area contributed by atoms with Crippen LogP contribution in [-0.2, 0) is 4.74 Å². The molecule has 2 nitrogen and oxygen atoms in total. The van der Waals surface area contributed by atoms with Crippen LogP contribution in [0.5, 0.6) is 0 Å². The average Bonchev–Trinajstić information content (AvgIpc) is 2.18. The molecule has 0 aromatic rings. The summed E-state index contributed by atoms with van der Waals surface area (Å²) in [6, 6.07) is 0.795. The van der Waals surface area contributed by atoms with Crippen molar-refractivity contribution >= 4 is 0 Å². The first kappa shape index (κ1) is 13.0. The summed E-state index contributed by atoms with van der Waals surface area (Å²) in [6.45, 7) is 8.78. The molecular formula is C13H27NO. The molecule has 1 aliphatic rings. The van der Waals surface area contributed by atoms with Crippen LogP contribution in [-0.4, -0.2) is 37.2 Å². The predicted molar refractivity (Wildman–Crippen MR) is 65.1 cm³/mol. The smallest absolute Gasteiger partial charge is 0.0576 e. The van der Waals surface area contributed by atoms with Gasteiger partial charge in [-0.25, -0.2) is 0 Å². The molecule has 0 aromatic carbocycles. The summed E-state index contributed by atoms with van der Waals surface area (Å²) in [5.41, 5.74) is 0. The second-order valence-corrected chi connectivity index (χ2v) is 5.22. The lowest BCUT2D eigenvalue weighted by Crippen LogP contribution is -2.38. The number of rotatable bonds is 5. The number of hydrogen-bond donors (Lipinski definition) is 0.